The molecule has 0 aromatic carbocycles. The Hall–Kier alpha value is -0.160. The molecule has 0 fully saturated rings. The van der Waals surface area contributed by atoms with Crippen LogP contribution in [0.3, 0.4) is 0 Å². The lowest BCUT2D eigenvalue weighted by atomic mass is 10.3. The van der Waals surface area contributed by atoms with E-state index >= 15 is 0 Å². The molecule has 0 aromatic rings. The first-order valence-electron chi connectivity index (χ1n) is 5.08. The van der Waals surface area contributed by atoms with Crippen LogP contribution in [0.25, 0.3) is 0 Å². The third-order valence-electron chi connectivity index (χ3n) is 1.85. The lowest BCUT2D eigenvalue weighted by Gasteiger charge is -2.11. The van der Waals surface area contributed by atoms with Crippen molar-refractivity contribution in [1.29, 1.82) is 0 Å². The third-order valence-corrected chi connectivity index (χ3v) is 1.85. The maximum Gasteiger partial charge on any atom is 0.154 e. The van der Waals surface area contributed by atoms with E-state index in [-0.39, 0.29) is 0 Å². The van der Waals surface area contributed by atoms with Crippen molar-refractivity contribution in [3.63, 3.8) is 0 Å². The van der Waals surface area contributed by atoms with Crippen molar-refractivity contribution in [2.75, 3.05) is 34.0 Å². The van der Waals surface area contributed by atoms with Crippen LogP contribution in [-0.2, 0) is 14.2 Å². The second kappa shape index (κ2) is 10.9. The molecule has 1 unspecified atom stereocenters. The quantitative estimate of drug-likeness (QED) is 0.430. The summed E-state index contributed by atoms with van der Waals surface area (Å²) in [7, 11) is 3.33. The smallest absolute Gasteiger partial charge is 0.154 e. The zero-order valence-corrected chi connectivity index (χ0v) is 9.20. The van der Waals surface area contributed by atoms with Crippen LogP contribution in [0, 0.1) is 0 Å². The van der Waals surface area contributed by atoms with E-state index in [9.17, 15) is 5.11 Å². The Bertz CT molecular complexity index is 108. The van der Waals surface area contributed by atoms with E-state index in [1.165, 1.54) is 0 Å². The lowest BCUT2D eigenvalue weighted by Crippen LogP contribution is -2.13. The number of aliphatic hydroxyl groups is 1. The van der Waals surface area contributed by atoms with E-state index in [0.29, 0.717) is 19.6 Å². The summed E-state index contributed by atoms with van der Waals surface area (Å²) in [5, 5.41) is 9.32. The van der Waals surface area contributed by atoms with Crippen LogP contribution in [0.5, 0.6) is 0 Å². The number of ether oxygens (including phenoxy) is 3. The number of rotatable bonds is 10. The van der Waals surface area contributed by atoms with Gasteiger partial charge in [-0.1, -0.05) is 0 Å². The first-order chi connectivity index (χ1) is 6.81. The van der Waals surface area contributed by atoms with Crippen LogP contribution in [0.2, 0.25) is 0 Å². The minimum absolute atomic E-state index is 0.595. The first-order valence-corrected chi connectivity index (χ1v) is 5.08. The van der Waals surface area contributed by atoms with Crippen LogP contribution in [0.4, 0.5) is 0 Å². The average molecular weight is 206 g/mol. The number of methoxy groups -OCH3 is 2. The maximum absolute atomic E-state index is 9.32. The molecule has 0 rings (SSSR count). The summed E-state index contributed by atoms with van der Waals surface area (Å²) in [5.41, 5.74) is 0. The summed E-state index contributed by atoms with van der Waals surface area (Å²) >= 11 is 0. The van der Waals surface area contributed by atoms with E-state index in [1.54, 1.807) is 14.2 Å². The highest BCUT2D eigenvalue weighted by atomic mass is 16.6. The molecule has 0 bridgehead atoms. The molecule has 1 N–H and O–H groups in total. The number of hydrogen-bond donors (Lipinski definition) is 1. The third kappa shape index (κ3) is 9.92. The Balaban J connectivity index is 3.06. The Labute approximate surface area is 86.2 Å². The highest BCUT2D eigenvalue weighted by Gasteiger charge is 2.02. The molecule has 1 atom stereocenters. The molecule has 14 heavy (non-hydrogen) atoms. The molecule has 86 valence electrons. The van der Waals surface area contributed by atoms with E-state index in [2.05, 4.69) is 0 Å². The summed E-state index contributed by atoms with van der Waals surface area (Å²) in [6.07, 6.45) is 2.72. The average Bonchev–Trinajstić information content (AvgIpc) is 2.18. The van der Waals surface area contributed by atoms with Crippen molar-refractivity contribution >= 4 is 0 Å². The Kier molecular flexibility index (Phi) is 10.8. The molecule has 0 aliphatic rings. The summed E-state index contributed by atoms with van der Waals surface area (Å²) in [4.78, 5) is 0. The number of aliphatic hydroxyl groups excluding tert-OH is 1. The molecule has 0 aromatic heterocycles. The molecule has 0 aliphatic carbocycles. The second-order valence-corrected chi connectivity index (χ2v) is 3.16. The Morgan fingerprint density at radius 2 is 1.50 bits per heavy atom. The molecule has 4 heteroatoms. The fourth-order valence-electron chi connectivity index (χ4n) is 1.05. The van der Waals surface area contributed by atoms with Gasteiger partial charge in [0.05, 0.1) is 0 Å². The molecule has 0 radical (unpaired) electrons. The molecule has 0 heterocycles. The molecule has 0 aliphatic heterocycles. The van der Waals surface area contributed by atoms with Gasteiger partial charge in [0.25, 0.3) is 0 Å². The normalized spacial score (nSPS) is 13.1. The van der Waals surface area contributed by atoms with Crippen molar-refractivity contribution in [1.82, 2.24) is 0 Å². The van der Waals surface area contributed by atoms with Crippen molar-refractivity contribution < 1.29 is 19.3 Å². The van der Waals surface area contributed by atoms with E-state index < -0.39 is 6.29 Å². The van der Waals surface area contributed by atoms with Gasteiger partial charge in [-0.2, -0.15) is 0 Å². The second-order valence-electron chi connectivity index (χ2n) is 3.16. The van der Waals surface area contributed by atoms with Gasteiger partial charge in [-0.15, -0.1) is 0 Å². The van der Waals surface area contributed by atoms with E-state index in [1.807, 2.05) is 0 Å². The standard InChI is InChI=1S/C10H22O4/c1-12-7-3-4-9-14-10(11)6-5-8-13-2/h10-11H,3-9H2,1-2H3. The van der Waals surface area contributed by atoms with Crippen molar-refractivity contribution in [3.05, 3.63) is 0 Å². The summed E-state index contributed by atoms with van der Waals surface area (Å²) < 4.78 is 14.9. The van der Waals surface area contributed by atoms with Crippen LogP contribution in [-0.4, -0.2) is 45.4 Å². The first kappa shape index (κ1) is 13.8. The monoisotopic (exact) mass is 206 g/mol. The lowest BCUT2D eigenvalue weighted by molar-refractivity contribution is -0.107. The van der Waals surface area contributed by atoms with Gasteiger partial charge in [0.15, 0.2) is 6.29 Å². The van der Waals surface area contributed by atoms with Gasteiger partial charge < -0.3 is 19.3 Å². The van der Waals surface area contributed by atoms with Crippen LogP contribution in [0.1, 0.15) is 25.7 Å². The van der Waals surface area contributed by atoms with Gasteiger partial charge in [0.1, 0.15) is 0 Å². The van der Waals surface area contributed by atoms with E-state index in [4.69, 9.17) is 14.2 Å². The highest BCUT2D eigenvalue weighted by Crippen LogP contribution is 2.00. The van der Waals surface area contributed by atoms with Gasteiger partial charge in [0.2, 0.25) is 0 Å². The topological polar surface area (TPSA) is 47.9 Å². The summed E-state index contributed by atoms with van der Waals surface area (Å²) in [6.45, 7) is 2.02. The molecular formula is C10H22O4. The van der Waals surface area contributed by atoms with Crippen LogP contribution >= 0.6 is 0 Å². The minimum Gasteiger partial charge on any atom is -0.385 e. The zero-order chi connectivity index (χ0) is 10.6. The van der Waals surface area contributed by atoms with Gasteiger partial charge in [0, 0.05) is 40.5 Å². The van der Waals surface area contributed by atoms with Gasteiger partial charge in [-0.05, 0) is 19.3 Å². The fourth-order valence-corrected chi connectivity index (χ4v) is 1.05. The zero-order valence-electron chi connectivity index (χ0n) is 9.20. The van der Waals surface area contributed by atoms with Crippen molar-refractivity contribution in [2.45, 2.75) is 32.0 Å². The molecule has 0 saturated carbocycles. The molecule has 0 saturated heterocycles. The van der Waals surface area contributed by atoms with Crippen LogP contribution in [0.15, 0.2) is 0 Å². The predicted molar refractivity (Wildman–Crippen MR) is 54.2 cm³/mol. The molecule has 0 spiro atoms. The van der Waals surface area contributed by atoms with Crippen molar-refractivity contribution in [2.24, 2.45) is 0 Å². The van der Waals surface area contributed by atoms with Gasteiger partial charge in [-0.3, -0.25) is 0 Å². The Morgan fingerprint density at radius 3 is 2.14 bits per heavy atom. The molecule has 4 nitrogen and oxygen atoms in total. The van der Waals surface area contributed by atoms with Crippen LogP contribution < -0.4 is 0 Å². The largest absolute Gasteiger partial charge is 0.385 e. The summed E-state index contributed by atoms with van der Waals surface area (Å²) in [5.74, 6) is 0. The molecule has 0 amide bonds. The maximum atomic E-state index is 9.32. The van der Waals surface area contributed by atoms with Gasteiger partial charge in [-0.25, -0.2) is 0 Å². The number of unbranched alkanes of at least 4 members (excludes halogenated alkanes) is 1. The highest BCUT2D eigenvalue weighted by molar-refractivity contribution is 4.44. The fraction of sp³-hybridized carbons (Fsp3) is 1.00. The predicted octanol–water partition coefficient (Wildman–Crippen LogP) is 1.17. The number of hydrogen-bond acceptors (Lipinski definition) is 4. The SMILES string of the molecule is COCCCCOC(O)CCCOC. The Morgan fingerprint density at radius 1 is 0.929 bits per heavy atom. The van der Waals surface area contributed by atoms with Crippen molar-refractivity contribution in [3.8, 4) is 0 Å². The molecular weight excluding hydrogens is 184 g/mol. The van der Waals surface area contributed by atoms with E-state index in [0.717, 1.165) is 25.9 Å². The van der Waals surface area contributed by atoms with Gasteiger partial charge >= 0.3 is 0 Å². The summed E-state index contributed by atoms with van der Waals surface area (Å²) in [6, 6.07) is 0. The minimum atomic E-state index is -0.646.